The Kier molecular flexibility index (Phi) is 3.79. The molecule has 0 aliphatic rings. The number of nitro groups is 1. The summed E-state index contributed by atoms with van der Waals surface area (Å²) >= 11 is 3.25. The van der Waals surface area contributed by atoms with Crippen molar-refractivity contribution in [2.45, 2.75) is 13.8 Å². The summed E-state index contributed by atoms with van der Waals surface area (Å²) in [5.74, 6) is -0.0741. The molecule has 0 aliphatic heterocycles. The number of hydrogen-bond acceptors (Lipinski definition) is 5. The molecule has 0 fully saturated rings. The molecule has 0 aliphatic carbocycles. The number of nitrogens with zero attached hydrogens (tertiary/aromatic N) is 3. The van der Waals surface area contributed by atoms with Crippen LogP contribution in [-0.2, 0) is 0 Å². The van der Waals surface area contributed by atoms with E-state index in [0.717, 1.165) is 0 Å². The van der Waals surface area contributed by atoms with E-state index in [4.69, 9.17) is 0 Å². The SMILES string of the molecule is Cc1nc(C(=O)Nc2cc([N+](=O)[O-])c(C)cc2Br)n[nH]1. The lowest BCUT2D eigenvalue weighted by Crippen LogP contribution is -2.14. The summed E-state index contributed by atoms with van der Waals surface area (Å²) in [7, 11) is 0. The smallest absolute Gasteiger partial charge is 0.295 e. The minimum absolute atomic E-state index is 0.0300. The molecule has 8 nitrogen and oxygen atoms in total. The molecule has 0 unspecified atom stereocenters. The van der Waals surface area contributed by atoms with Crippen molar-refractivity contribution in [3.63, 3.8) is 0 Å². The van der Waals surface area contributed by atoms with Gasteiger partial charge in [-0.05, 0) is 35.8 Å². The average molecular weight is 340 g/mol. The number of halogens is 1. The van der Waals surface area contributed by atoms with Gasteiger partial charge in [0.2, 0.25) is 5.82 Å². The molecule has 104 valence electrons. The van der Waals surface area contributed by atoms with Crippen LogP contribution in [0.3, 0.4) is 0 Å². The van der Waals surface area contributed by atoms with Crippen LogP contribution < -0.4 is 5.32 Å². The Labute approximate surface area is 121 Å². The largest absolute Gasteiger partial charge is 0.318 e. The van der Waals surface area contributed by atoms with Gasteiger partial charge in [-0.25, -0.2) is 4.98 Å². The van der Waals surface area contributed by atoms with Crippen LogP contribution in [0.2, 0.25) is 0 Å². The van der Waals surface area contributed by atoms with Crippen molar-refractivity contribution >= 4 is 33.2 Å². The maximum absolute atomic E-state index is 11.9. The van der Waals surface area contributed by atoms with Gasteiger partial charge in [-0.3, -0.25) is 20.0 Å². The van der Waals surface area contributed by atoms with E-state index in [0.29, 0.717) is 15.9 Å². The second-order valence-electron chi connectivity index (χ2n) is 4.07. The topological polar surface area (TPSA) is 114 Å². The summed E-state index contributed by atoms with van der Waals surface area (Å²) in [5.41, 5.74) is 0.707. The van der Waals surface area contributed by atoms with Gasteiger partial charge in [-0.1, -0.05) is 0 Å². The van der Waals surface area contributed by atoms with Crippen LogP contribution in [0.5, 0.6) is 0 Å². The van der Waals surface area contributed by atoms with E-state index in [1.54, 1.807) is 19.9 Å². The summed E-state index contributed by atoms with van der Waals surface area (Å²) in [6, 6.07) is 2.85. The number of carbonyl (C=O) groups excluding carboxylic acids is 1. The van der Waals surface area contributed by atoms with Crippen LogP contribution in [0, 0.1) is 24.0 Å². The van der Waals surface area contributed by atoms with E-state index in [9.17, 15) is 14.9 Å². The van der Waals surface area contributed by atoms with Crippen molar-refractivity contribution in [2.24, 2.45) is 0 Å². The fourth-order valence-corrected chi connectivity index (χ4v) is 2.13. The number of hydrogen-bond donors (Lipinski definition) is 2. The van der Waals surface area contributed by atoms with Crippen molar-refractivity contribution in [1.29, 1.82) is 0 Å². The molecule has 1 aromatic heterocycles. The number of nitro benzene ring substituents is 1. The first-order valence-electron chi connectivity index (χ1n) is 5.53. The zero-order valence-corrected chi connectivity index (χ0v) is 12.2. The van der Waals surface area contributed by atoms with E-state index in [2.05, 4.69) is 36.4 Å². The molecule has 0 radical (unpaired) electrons. The maximum atomic E-state index is 11.9. The molecule has 9 heteroatoms. The Bertz CT molecular complexity index is 697. The molecule has 20 heavy (non-hydrogen) atoms. The number of nitrogens with one attached hydrogen (secondary N) is 2. The van der Waals surface area contributed by atoms with E-state index < -0.39 is 10.8 Å². The van der Waals surface area contributed by atoms with Gasteiger partial charge in [0, 0.05) is 16.1 Å². The van der Waals surface area contributed by atoms with Crippen molar-refractivity contribution in [3.05, 3.63) is 43.9 Å². The van der Waals surface area contributed by atoms with Gasteiger partial charge in [0.05, 0.1) is 10.6 Å². The van der Waals surface area contributed by atoms with Crippen LogP contribution in [0.1, 0.15) is 22.0 Å². The second kappa shape index (κ2) is 5.37. The van der Waals surface area contributed by atoms with Crippen LogP contribution >= 0.6 is 15.9 Å². The molecule has 1 aromatic carbocycles. The van der Waals surface area contributed by atoms with Crippen LogP contribution in [0.25, 0.3) is 0 Å². The van der Waals surface area contributed by atoms with Crippen LogP contribution in [0.15, 0.2) is 16.6 Å². The third kappa shape index (κ3) is 2.82. The van der Waals surface area contributed by atoms with E-state index >= 15 is 0 Å². The standard InChI is InChI=1S/C11H10BrN5O3/c1-5-3-7(12)8(4-9(5)17(19)20)14-11(18)10-13-6(2)15-16-10/h3-4H,1-2H3,(H,14,18)(H,13,15,16). The third-order valence-electron chi connectivity index (χ3n) is 2.53. The number of anilines is 1. The van der Waals surface area contributed by atoms with Crippen LogP contribution in [-0.4, -0.2) is 26.0 Å². The van der Waals surface area contributed by atoms with E-state index in [-0.39, 0.29) is 17.2 Å². The van der Waals surface area contributed by atoms with Gasteiger partial charge in [0.25, 0.3) is 11.6 Å². The predicted molar refractivity (Wildman–Crippen MR) is 74.6 cm³/mol. The first-order chi connectivity index (χ1) is 9.38. The minimum atomic E-state index is -0.548. The molecular formula is C11H10BrN5O3. The Morgan fingerprint density at radius 2 is 2.15 bits per heavy atom. The van der Waals surface area contributed by atoms with Gasteiger partial charge in [0.1, 0.15) is 5.82 Å². The Hall–Kier alpha value is -2.29. The highest BCUT2D eigenvalue weighted by molar-refractivity contribution is 9.10. The van der Waals surface area contributed by atoms with Crippen molar-refractivity contribution in [1.82, 2.24) is 15.2 Å². The molecule has 2 rings (SSSR count). The van der Waals surface area contributed by atoms with Gasteiger partial charge in [-0.15, -0.1) is 5.10 Å². The lowest BCUT2D eigenvalue weighted by atomic mass is 10.2. The molecule has 1 amide bonds. The first-order valence-corrected chi connectivity index (χ1v) is 6.32. The van der Waals surface area contributed by atoms with Gasteiger partial charge in [-0.2, -0.15) is 0 Å². The zero-order valence-electron chi connectivity index (χ0n) is 10.6. The summed E-state index contributed by atoms with van der Waals surface area (Å²) in [6.45, 7) is 3.28. The number of aryl methyl sites for hydroxylation is 2. The molecule has 0 saturated heterocycles. The number of aromatic nitrogens is 3. The van der Waals surface area contributed by atoms with Crippen molar-refractivity contribution in [2.75, 3.05) is 5.32 Å². The highest BCUT2D eigenvalue weighted by atomic mass is 79.9. The Balaban J connectivity index is 2.31. The molecule has 0 spiro atoms. The molecule has 0 saturated carbocycles. The number of rotatable bonds is 3. The third-order valence-corrected chi connectivity index (χ3v) is 3.19. The molecule has 2 aromatic rings. The van der Waals surface area contributed by atoms with Crippen molar-refractivity contribution < 1.29 is 9.72 Å². The fraction of sp³-hybridized carbons (Fsp3) is 0.182. The molecule has 0 atom stereocenters. The number of H-pyrrole nitrogens is 1. The molecular weight excluding hydrogens is 330 g/mol. The fourth-order valence-electron chi connectivity index (χ4n) is 1.58. The first kappa shape index (κ1) is 14.1. The number of carbonyl (C=O) groups is 1. The lowest BCUT2D eigenvalue weighted by molar-refractivity contribution is -0.385. The monoisotopic (exact) mass is 339 g/mol. The van der Waals surface area contributed by atoms with Crippen LogP contribution in [0.4, 0.5) is 11.4 Å². The summed E-state index contributed by atoms with van der Waals surface area (Å²) in [5, 5.41) is 19.7. The van der Waals surface area contributed by atoms with Gasteiger partial charge >= 0.3 is 0 Å². The summed E-state index contributed by atoms with van der Waals surface area (Å²) in [4.78, 5) is 26.2. The van der Waals surface area contributed by atoms with E-state index in [1.807, 2.05) is 0 Å². The normalized spacial score (nSPS) is 10.3. The van der Waals surface area contributed by atoms with Gasteiger partial charge in [0.15, 0.2) is 0 Å². The van der Waals surface area contributed by atoms with E-state index in [1.165, 1.54) is 6.07 Å². The average Bonchev–Trinajstić information content (AvgIpc) is 2.79. The summed E-state index contributed by atoms with van der Waals surface area (Å²) in [6.07, 6.45) is 0. The summed E-state index contributed by atoms with van der Waals surface area (Å²) < 4.78 is 0.543. The Morgan fingerprint density at radius 3 is 2.70 bits per heavy atom. The predicted octanol–water partition coefficient (Wildman–Crippen LogP) is 2.34. The lowest BCUT2D eigenvalue weighted by Gasteiger charge is -2.07. The highest BCUT2D eigenvalue weighted by Crippen LogP contribution is 2.30. The van der Waals surface area contributed by atoms with Crippen molar-refractivity contribution in [3.8, 4) is 0 Å². The quantitative estimate of drug-likeness (QED) is 0.658. The maximum Gasteiger partial charge on any atom is 0.295 e. The molecule has 2 N–H and O–H groups in total. The number of benzene rings is 1. The highest BCUT2D eigenvalue weighted by Gasteiger charge is 2.18. The number of aromatic amines is 1. The van der Waals surface area contributed by atoms with Gasteiger partial charge < -0.3 is 5.32 Å². The number of amides is 1. The second-order valence-corrected chi connectivity index (χ2v) is 4.93. The Morgan fingerprint density at radius 1 is 1.45 bits per heavy atom. The molecule has 1 heterocycles. The minimum Gasteiger partial charge on any atom is -0.318 e. The zero-order chi connectivity index (χ0) is 14.9. The molecule has 0 bridgehead atoms.